The summed E-state index contributed by atoms with van der Waals surface area (Å²) in [7, 11) is -3.44. The summed E-state index contributed by atoms with van der Waals surface area (Å²) in [6.07, 6.45) is 4.86. The van der Waals surface area contributed by atoms with Crippen molar-refractivity contribution >= 4 is 21.8 Å². The van der Waals surface area contributed by atoms with Gasteiger partial charge in [0.1, 0.15) is 0 Å². The van der Waals surface area contributed by atoms with Crippen LogP contribution in [0.2, 0.25) is 0 Å². The molecule has 1 fully saturated rings. The van der Waals surface area contributed by atoms with E-state index in [1.165, 1.54) is 11.8 Å². The van der Waals surface area contributed by atoms with Gasteiger partial charge in [-0.25, -0.2) is 13.1 Å². The van der Waals surface area contributed by atoms with E-state index >= 15 is 0 Å². The minimum atomic E-state index is -3.44. The normalized spacial score (nSPS) is 23.7. The second-order valence-electron chi connectivity index (χ2n) is 4.83. The molecule has 1 aromatic rings. The molecular formula is C13H20N2O2S2. The molecule has 1 aliphatic rings. The van der Waals surface area contributed by atoms with Gasteiger partial charge in [0.15, 0.2) is 0 Å². The van der Waals surface area contributed by atoms with E-state index in [0.29, 0.717) is 11.4 Å². The van der Waals surface area contributed by atoms with Crippen LogP contribution in [-0.2, 0) is 10.0 Å². The van der Waals surface area contributed by atoms with Crippen LogP contribution in [0.4, 0.5) is 0 Å². The lowest BCUT2D eigenvalue weighted by Gasteiger charge is -2.19. The zero-order chi connectivity index (χ0) is 13.9. The van der Waals surface area contributed by atoms with E-state index in [9.17, 15) is 8.42 Å². The van der Waals surface area contributed by atoms with Gasteiger partial charge in [0, 0.05) is 10.9 Å². The lowest BCUT2D eigenvalue weighted by atomic mass is 10.1. The monoisotopic (exact) mass is 300 g/mol. The molecule has 1 aromatic carbocycles. The van der Waals surface area contributed by atoms with E-state index in [2.05, 4.69) is 4.72 Å². The Bertz CT molecular complexity index is 531. The first-order valence-corrected chi connectivity index (χ1v) is 9.14. The van der Waals surface area contributed by atoms with Crippen LogP contribution in [-0.4, -0.2) is 27.3 Å². The van der Waals surface area contributed by atoms with Crippen LogP contribution in [0.15, 0.2) is 34.1 Å². The summed E-state index contributed by atoms with van der Waals surface area (Å²) >= 11 is 1.53. The third-order valence-electron chi connectivity index (χ3n) is 3.62. The molecule has 2 atom stereocenters. The number of thioether (sulfide) groups is 1. The lowest BCUT2D eigenvalue weighted by molar-refractivity contribution is 0.453. The average molecular weight is 300 g/mol. The van der Waals surface area contributed by atoms with Crippen LogP contribution in [0.25, 0.3) is 0 Å². The molecule has 2 rings (SSSR count). The summed E-state index contributed by atoms with van der Waals surface area (Å²) in [5, 5.41) is 0. The van der Waals surface area contributed by atoms with Crippen LogP contribution < -0.4 is 10.5 Å². The largest absolute Gasteiger partial charge is 0.330 e. The van der Waals surface area contributed by atoms with E-state index < -0.39 is 10.0 Å². The predicted octanol–water partition coefficient (Wildman–Crippen LogP) is 1.81. The van der Waals surface area contributed by atoms with Crippen molar-refractivity contribution in [1.82, 2.24) is 4.72 Å². The summed E-state index contributed by atoms with van der Waals surface area (Å²) < 4.78 is 27.5. The Morgan fingerprint density at radius 2 is 2.21 bits per heavy atom. The van der Waals surface area contributed by atoms with Gasteiger partial charge in [0.2, 0.25) is 10.0 Å². The molecule has 4 nitrogen and oxygen atoms in total. The van der Waals surface area contributed by atoms with Crippen LogP contribution in [0.3, 0.4) is 0 Å². The number of rotatable bonds is 5. The number of sulfonamides is 1. The number of benzene rings is 1. The quantitative estimate of drug-likeness (QED) is 0.814. The fraction of sp³-hybridized carbons (Fsp3) is 0.538. The van der Waals surface area contributed by atoms with E-state index in [1.54, 1.807) is 18.2 Å². The van der Waals surface area contributed by atoms with Crippen LogP contribution in [0.1, 0.15) is 19.3 Å². The molecule has 2 unspecified atom stereocenters. The highest BCUT2D eigenvalue weighted by atomic mass is 32.2. The van der Waals surface area contributed by atoms with Crippen LogP contribution in [0, 0.1) is 5.92 Å². The Hall–Kier alpha value is -0.560. The first-order valence-electron chi connectivity index (χ1n) is 6.43. The Balaban J connectivity index is 2.17. The van der Waals surface area contributed by atoms with Crippen molar-refractivity contribution in [1.29, 1.82) is 0 Å². The molecule has 0 saturated heterocycles. The van der Waals surface area contributed by atoms with E-state index in [1.807, 2.05) is 12.3 Å². The minimum Gasteiger partial charge on any atom is -0.330 e. The van der Waals surface area contributed by atoms with Gasteiger partial charge in [-0.3, -0.25) is 0 Å². The molecule has 0 radical (unpaired) electrons. The highest BCUT2D eigenvalue weighted by Gasteiger charge is 2.30. The van der Waals surface area contributed by atoms with Gasteiger partial charge in [-0.15, -0.1) is 11.8 Å². The molecule has 1 aliphatic carbocycles. The molecule has 0 spiro atoms. The Labute approximate surface area is 119 Å². The smallest absolute Gasteiger partial charge is 0.240 e. The highest BCUT2D eigenvalue weighted by Crippen LogP contribution is 2.27. The number of nitrogens with two attached hydrogens (primary N) is 1. The van der Waals surface area contributed by atoms with Crippen molar-refractivity contribution in [2.75, 3.05) is 12.8 Å². The Morgan fingerprint density at radius 3 is 2.89 bits per heavy atom. The highest BCUT2D eigenvalue weighted by molar-refractivity contribution is 7.98. The number of hydrogen-bond donors (Lipinski definition) is 2. The molecule has 19 heavy (non-hydrogen) atoms. The fourth-order valence-corrected chi connectivity index (χ4v) is 4.43. The third-order valence-corrected chi connectivity index (χ3v) is 5.83. The number of nitrogens with one attached hydrogen (secondary N) is 1. The van der Waals surface area contributed by atoms with E-state index in [0.717, 1.165) is 24.2 Å². The second kappa shape index (κ2) is 6.26. The van der Waals surface area contributed by atoms with Crippen molar-refractivity contribution in [3.63, 3.8) is 0 Å². The summed E-state index contributed by atoms with van der Waals surface area (Å²) in [6, 6.07) is 7.00. The maximum Gasteiger partial charge on any atom is 0.240 e. The van der Waals surface area contributed by atoms with Crippen molar-refractivity contribution in [2.45, 2.75) is 35.1 Å². The average Bonchev–Trinajstić information content (AvgIpc) is 2.85. The molecule has 0 aliphatic heterocycles. The molecule has 0 amide bonds. The molecule has 0 bridgehead atoms. The summed E-state index contributed by atoms with van der Waals surface area (Å²) in [4.78, 5) is 1.28. The van der Waals surface area contributed by atoms with Crippen molar-refractivity contribution in [2.24, 2.45) is 11.7 Å². The second-order valence-corrected chi connectivity index (χ2v) is 7.43. The molecule has 1 saturated carbocycles. The predicted molar refractivity (Wildman–Crippen MR) is 78.7 cm³/mol. The Morgan fingerprint density at radius 1 is 1.42 bits per heavy atom. The van der Waals surface area contributed by atoms with Gasteiger partial charge >= 0.3 is 0 Å². The van der Waals surface area contributed by atoms with Gasteiger partial charge in [0.05, 0.1) is 4.90 Å². The summed E-state index contributed by atoms with van der Waals surface area (Å²) in [5.41, 5.74) is 5.69. The first kappa shape index (κ1) is 14.8. The molecule has 3 N–H and O–H groups in total. The van der Waals surface area contributed by atoms with Gasteiger partial charge < -0.3 is 5.73 Å². The van der Waals surface area contributed by atoms with Crippen LogP contribution in [0.5, 0.6) is 0 Å². The third kappa shape index (κ3) is 3.51. The fourth-order valence-electron chi connectivity index (χ4n) is 2.51. The molecule has 6 heteroatoms. The van der Waals surface area contributed by atoms with Crippen molar-refractivity contribution in [3.05, 3.63) is 24.3 Å². The maximum absolute atomic E-state index is 12.4. The van der Waals surface area contributed by atoms with Crippen molar-refractivity contribution in [3.8, 4) is 0 Å². The molecular weight excluding hydrogens is 280 g/mol. The number of hydrogen-bond acceptors (Lipinski definition) is 4. The zero-order valence-electron chi connectivity index (χ0n) is 11.0. The van der Waals surface area contributed by atoms with E-state index in [-0.39, 0.29) is 12.0 Å². The van der Waals surface area contributed by atoms with Gasteiger partial charge in [-0.1, -0.05) is 12.5 Å². The lowest BCUT2D eigenvalue weighted by Crippen LogP contribution is -2.39. The topological polar surface area (TPSA) is 72.2 Å². The SMILES string of the molecule is CSc1cccc(S(=O)(=O)NC2CCCC2CN)c1. The molecule has 0 aromatic heterocycles. The zero-order valence-corrected chi connectivity index (χ0v) is 12.6. The van der Waals surface area contributed by atoms with Crippen LogP contribution >= 0.6 is 11.8 Å². The van der Waals surface area contributed by atoms with E-state index in [4.69, 9.17) is 5.73 Å². The summed E-state index contributed by atoms with van der Waals surface area (Å²) in [6.45, 7) is 0.540. The van der Waals surface area contributed by atoms with Gasteiger partial charge in [-0.2, -0.15) is 0 Å². The summed E-state index contributed by atoms with van der Waals surface area (Å²) in [5.74, 6) is 0.263. The van der Waals surface area contributed by atoms with Gasteiger partial charge in [0.25, 0.3) is 0 Å². The maximum atomic E-state index is 12.4. The first-order chi connectivity index (χ1) is 9.06. The van der Waals surface area contributed by atoms with Crippen molar-refractivity contribution < 1.29 is 8.42 Å². The molecule has 106 valence electrons. The molecule has 0 heterocycles. The Kier molecular flexibility index (Phi) is 4.89. The minimum absolute atomic E-state index is 0.0204. The van der Waals surface area contributed by atoms with Gasteiger partial charge in [-0.05, 0) is 49.8 Å². The standard InChI is InChI=1S/C13H20N2O2S2/c1-18-11-5-3-6-12(8-11)19(16,17)15-13-7-2-4-10(13)9-14/h3,5-6,8,10,13,15H,2,4,7,9,14H2,1H3.